The molecule has 5 rings (SSSR count). The Morgan fingerprint density at radius 3 is 2.68 bits per heavy atom. The molecule has 1 atom stereocenters. The van der Waals surface area contributed by atoms with Gasteiger partial charge < -0.3 is 10.6 Å². The molecular formula is C25H20ClN5O2S. The molecule has 0 aliphatic heterocycles. The number of amides is 1. The van der Waals surface area contributed by atoms with Crippen molar-refractivity contribution in [3.63, 3.8) is 0 Å². The third-order valence-corrected chi connectivity index (χ3v) is 6.61. The molecular weight excluding hydrogens is 470 g/mol. The smallest absolute Gasteiger partial charge is 0.283 e. The number of benzene rings is 3. The van der Waals surface area contributed by atoms with Crippen molar-refractivity contribution in [2.75, 3.05) is 5.32 Å². The zero-order valence-corrected chi connectivity index (χ0v) is 19.9. The van der Waals surface area contributed by atoms with Gasteiger partial charge in [0.05, 0.1) is 16.9 Å². The minimum atomic E-state index is -0.295. The van der Waals surface area contributed by atoms with E-state index in [0.717, 1.165) is 16.8 Å². The largest absolute Gasteiger partial charge is 0.346 e. The first-order chi connectivity index (χ1) is 16.4. The van der Waals surface area contributed by atoms with Gasteiger partial charge in [0, 0.05) is 16.3 Å². The lowest BCUT2D eigenvalue weighted by Crippen LogP contribution is -2.26. The van der Waals surface area contributed by atoms with Crippen LogP contribution in [0, 0.1) is 6.92 Å². The van der Waals surface area contributed by atoms with Gasteiger partial charge in [0.1, 0.15) is 0 Å². The molecule has 5 aromatic rings. The summed E-state index contributed by atoms with van der Waals surface area (Å²) < 4.78 is 1.27. The number of halogens is 1. The summed E-state index contributed by atoms with van der Waals surface area (Å²) in [6, 6.07) is 20.0. The fourth-order valence-electron chi connectivity index (χ4n) is 3.65. The Morgan fingerprint density at radius 2 is 1.88 bits per heavy atom. The Bertz CT molecular complexity index is 1600. The van der Waals surface area contributed by atoms with Crippen LogP contribution in [-0.2, 0) is 0 Å². The Kier molecular flexibility index (Phi) is 5.77. The molecule has 9 heteroatoms. The van der Waals surface area contributed by atoms with E-state index in [1.807, 2.05) is 56.3 Å². The average molecular weight is 490 g/mol. The molecule has 1 amide bonds. The van der Waals surface area contributed by atoms with E-state index in [2.05, 4.69) is 20.7 Å². The van der Waals surface area contributed by atoms with Crippen molar-refractivity contribution in [2.24, 2.45) is 0 Å². The molecule has 0 unspecified atom stereocenters. The molecule has 0 spiro atoms. The first-order valence-corrected chi connectivity index (χ1v) is 11.8. The lowest BCUT2D eigenvalue weighted by atomic mass is 10.1. The number of fused-ring (bicyclic) bond motifs is 2. The second-order valence-corrected chi connectivity index (χ2v) is 9.33. The summed E-state index contributed by atoms with van der Waals surface area (Å²) in [5.41, 5.74) is 3.39. The first-order valence-electron chi connectivity index (χ1n) is 10.6. The Labute approximate surface area is 204 Å². The molecule has 2 N–H and O–H groups in total. The maximum atomic E-state index is 13.0. The zero-order chi connectivity index (χ0) is 23.8. The number of hydrogen-bond acceptors (Lipinski definition) is 6. The van der Waals surface area contributed by atoms with Crippen LogP contribution >= 0.6 is 22.9 Å². The number of carbonyl (C=O) groups excluding carboxylic acids is 1. The van der Waals surface area contributed by atoms with Gasteiger partial charge in [-0.25, -0.2) is 4.98 Å². The highest BCUT2D eigenvalue weighted by molar-refractivity contribution is 7.20. The maximum absolute atomic E-state index is 13.0. The van der Waals surface area contributed by atoms with Crippen molar-refractivity contribution in [3.8, 4) is 0 Å². The van der Waals surface area contributed by atoms with E-state index in [1.54, 1.807) is 24.3 Å². The van der Waals surface area contributed by atoms with Crippen molar-refractivity contribution in [1.29, 1.82) is 0 Å². The molecule has 2 heterocycles. The average Bonchev–Trinajstić information content (AvgIpc) is 3.24. The topological polar surface area (TPSA) is 88.4 Å². The predicted molar refractivity (Wildman–Crippen MR) is 136 cm³/mol. The quantitative estimate of drug-likeness (QED) is 0.340. The highest BCUT2D eigenvalue weighted by Gasteiger charge is 2.16. The summed E-state index contributed by atoms with van der Waals surface area (Å²) in [6.45, 7) is 3.88. The van der Waals surface area contributed by atoms with Gasteiger partial charge in [-0.1, -0.05) is 59.3 Å². The monoisotopic (exact) mass is 489 g/mol. The number of carbonyl (C=O) groups is 1. The summed E-state index contributed by atoms with van der Waals surface area (Å²) in [4.78, 5) is 30.9. The molecule has 7 nitrogen and oxygen atoms in total. The third kappa shape index (κ3) is 4.25. The molecule has 0 bridgehead atoms. The van der Waals surface area contributed by atoms with Crippen LogP contribution in [0.1, 0.15) is 34.5 Å². The van der Waals surface area contributed by atoms with Crippen LogP contribution in [0.3, 0.4) is 0 Å². The summed E-state index contributed by atoms with van der Waals surface area (Å²) in [5.74, 6) is -0.233. The second-order valence-electron chi connectivity index (χ2n) is 7.94. The van der Waals surface area contributed by atoms with Gasteiger partial charge in [0.2, 0.25) is 10.1 Å². The van der Waals surface area contributed by atoms with Crippen molar-refractivity contribution in [1.82, 2.24) is 19.9 Å². The minimum Gasteiger partial charge on any atom is -0.346 e. The van der Waals surface area contributed by atoms with Crippen LogP contribution in [0.25, 0.3) is 15.9 Å². The lowest BCUT2D eigenvalue weighted by Gasteiger charge is -2.14. The van der Waals surface area contributed by atoms with Crippen LogP contribution in [0.15, 0.2) is 71.5 Å². The molecule has 170 valence electrons. The van der Waals surface area contributed by atoms with E-state index in [0.29, 0.717) is 31.6 Å². The Hall–Kier alpha value is -3.75. The molecule has 2 aromatic heterocycles. The van der Waals surface area contributed by atoms with Crippen molar-refractivity contribution < 1.29 is 4.79 Å². The number of aromatic nitrogens is 3. The van der Waals surface area contributed by atoms with E-state index in [1.165, 1.54) is 15.9 Å². The highest BCUT2D eigenvalue weighted by Crippen LogP contribution is 2.27. The SMILES string of the molecule is Cc1ccc(Cl)cc1Nc1nn2c(=O)c3ccc(C(=O)N[C@H](C)c4ccccc4)cc3nc2s1. The zero-order valence-electron chi connectivity index (χ0n) is 18.4. The third-order valence-electron chi connectivity index (χ3n) is 5.55. The standard InChI is InChI=1S/C25H20ClN5O2S/c1-14-8-10-18(26)13-20(14)28-24-30-31-23(33)19-11-9-17(12-21(19)29-25(31)34-24)22(32)27-15(2)16-6-4-3-5-7-16/h3-13,15H,1-2H3,(H,27,32)(H,28,30)/t15-/m1/s1. The van der Waals surface area contributed by atoms with E-state index < -0.39 is 0 Å². The summed E-state index contributed by atoms with van der Waals surface area (Å²) in [6.07, 6.45) is 0. The fourth-order valence-corrected chi connectivity index (χ4v) is 4.63. The first kappa shape index (κ1) is 22.1. The van der Waals surface area contributed by atoms with E-state index >= 15 is 0 Å². The van der Waals surface area contributed by atoms with E-state index in [-0.39, 0.29) is 17.5 Å². The molecule has 0 fully saturated rings. The number of rotatable bonds is 5. The summed E-state index contributed by atoms with van der Waals surface area (Å²) in [5, 5.41) is 12.1. The van der Waals surface area contributed by atoms with Gasteiger partial charge in [0.25, 0.3) is 11.5 Å². The summed E-state index contributed by atoms with van der Waals surface area (Å²) in [7, 11) is 0. The fraction of sp³-hybridized carbons (Fsp3) is 0.120. The predicted octanol–water partition coefficient (Wildman–Crippen LogP) is 5.50. The molecule has 34 heavy (non-hydrogen) atoms. The number of nitrogens with one attached hydrogen (secondary N) is 2. The number of aryl methyl sites for hydroxylation is 1. The molecule has 3 aromatic carbocycles. The van der Waals surface area contributed by atoms with E-state index in [4.69, 9.17) is 11.6 Å². The van der Waals surface area contributed by atoms with Gasteiger partial charge in [0.15, 0.2) is 0 Å². The van der Waals surface area contributed by atoms with Gasteiger partial charge in [-0.3, -0.25) is 9.59 Å². The van der Waals surface area contributed by atoms with Gasteiger partial charge in [-0.05, 0) is 55.3 Å². The number of nitrogens with zero attached hydrogens (tertiary/aromatic N) is 3. The molecule has 0 radical (unpaired) electrons. The molecule has 0 aliphatic carbocycles. The second kappa shape index (κ2) is 8.89. The lowest BCUT2D eigenvalue weighted by molar-refractivity contribution is 0.0940. The summed E-state index contributed by atoms with van der Waals surface area (Å²) >= 11 is 7.35. The van der Waals surface area contributed by atoms with Crippen molar-refractivity contribution in [3.05, 3.63) is 98.8 Å². The number of anilines is 2. The van der Waals surface area contributed by atoms with Gasteiger partial charge >= 0.3 is 0 Å². The molecule has 0 saturated carbocycles. The minimum absolute atomic E-state index is 0.157. The Balaban J connectivity index is 1.46. The van der Waals surface area contributed by atoms with Gasteiger partial charge in [-0.15, -0.1) is 5.10 Å². The van der Waals surface area contributed by atoms with Crippen LogP contribution in [0.5, 0.6) is 0 Å². The normalized spacial score (nSPS) is 12.1. The molecule has 0 aliphatic rings. The van der Waals surface area contributed by atoms with Gasteiger partial charge in [-0.2, -0.15) is 4.52 Å². The van der Waals surface area contributed by atoms with Crippen molar-refractivity contribution in [2.45, 2.75) is 19.9 Å². The maximum Gasteiger partial charge on any atom is 0.283 e. The van der Waals surface area contributed by atoms with E-state index in [9.17, 15) is 9.59 Å². The highest BCUT2D eigenvalue weighted by atomic mass is 35.5. The van der Waals surface area contributed by atoms with Crippen LogP contribution < -0.4 is 16.2 Å². The van der Waals surface area contributed by atoms with Crippen molar-refractivity contribution >= 4 is 55.5 Å². The Morgan fingerprint density at radius 1 is 1.09 bits per heavy atom. The number of hydrogen-bond donors (Lipinski definition) is 2. The molecule has 0 saturated heterocycles. The van der Waals surface area contributed by atoms with Crippen LogP contribution in [0.4, 0.5) is 10.8 Å². The van der Waals surface area contributed by atoms with Crippen LogP contribution in [-0.4, -0.2) is 20.5 Å². The van der Waals surface area contributed by atoms with Crippen LogP contribution in [0.2, 0.25) is 5.02 Å².